The van der Waals surface area contributed by atoms with Crippen LogP contribution in [0.3, 0.4) is 0 Å². The fraction of sp³-hybridized carbons (Fsp3) is 0.316. The largest absolute Gasteiger partial charge is 0.497 e. The first-order valence-electron chi connectivity index (χ1n) is 8.10. The van der Waals surface area contributed by atoms with E-state index < -0.39 is 0 Å². The highest BCUT2D eigenvalue weighted by molar-refractivity contribution is 8.19. The van der Waals surface area contributed by atoms with E-state index in [0.717, 1.165) is 11.3 Å². The van der Waals surface area contributed by atoms with Gasteiger partial charge in [-0.3, -0.25) is 4.79 Å². The summed E-state index contributed by atoms with van der Waals surface area (Å²) in [4.78, 5) is 11.9. The summed E-state index contributed by atoms with van der Waals surface area (Å²) in [6.07, 6.45) is 0. The molecule has 0 unspecified atom stereocenters. The summed E-state index contributed by atoms with van der Waals surface area (Å²) in [5.41, 5.74) is 2.30. The molecule has 1 heterocycles. The van der Waals surface area contributed by atoms with Crippen LogP contribution in [0.1, 0.15) is 15.7 Å². The van der Waals surface area contributed by atoms with Crippen molar-refractivity contribution < 1.29 is 14.3 Å². The van der Waals surface area contributed by atoms with E-state index in [1.54, 1.807) is 7.11 Å². The number of methoxy groups -OCH3 is 1. The van der Waals surface area contributed by atoms with Crippen molar-refractivity contribution >= 4 is 29.4 Å². The average molecular weight is 376 g/mol. The van der Waals surface area contributed by atoms with Crippen LogP contribution in [0.2, 0.25) is 0 Å². The van der Waals surface area contributed by atoms with Crippen molar-refractivity contribution in [1.29, 1.82) is 0 Å². The van der Waals surface area contributed by atoms with E-state index in [-0.39, 0.29) is 12.5 Å². The number of rotatable bonds is 7. The Balaban J connectivity index is 1.43. The fourth-order valence-corrected chi connectivity index (χ4v) is 5.31. The maximum atomic E-state index is 11.9. The number of hydrogen-bond acceptors (Lipinski definition) is 5. The zero-order chi connectivity index (χ0) is 17.5. The van der Waals surface area contributed by atoms with E-state index in [9.17, 15) is 4.79 Å². The van der Waals surface area contributed by atoms with E-state index in [1.165, 1.54) is 17.1 Å². The van der Waals surface area contributed by atoms with Gasteiger partial charge in [-0.05, 0) is 35.4 Å². The molecule has 2 aromatic carbocycles. The molecular formula is C19H21NO3S2. The van der Waals surface area contributed by atoms with Gasteiger partial charge < -0.3 is 14.8 Å². The Hall–Kier alpha value is -1.79. The van der Waals surface area contributed by atoms with Crippen LogP contribution in [0.5, 0.6) is 11.5 Å². The lowest BCUT2D eigenvalue weighted by Crippen LogP contribution is -2.28. The Kier molecular flexibility index (Phi) is 6.53. The maximum Gasteiger partial charge on any atom is 0.258 e. The first-order valence-corrected chi connectivity index (χ1v) is 10.2. The molecule has 0 atom stereocenters. The van der Waals surface area contributed by atoms with E-state index in [1.807, 2.05) is 59.9 Å². The summed E-state index contributed by atoms with van der Waals surface area (Å²) >= 11 is 3.95. The van der Waals surface area contributed by atoms with Crippen molar-refractivity contribution in [2.75, 3.05) is 25.2 Å². The summed E-state index contributed by atoms with van der Waals surface area (Å²) < 4.78 is 11.3. The second kappa shape index (κ2) is 9.06. The highest BCUT2D eigenvalue weighted by Gasteiger charge is 2.17. The molecule has 1 aliphatic rings. The average Bonchev–Trinajstić information content (AvgIpc) is 3.20. The third-order valence-corrected chi connectivity index (χ3v) is 6.87. The number of ether oxygens (including phenoxy) is 2. The Morgan fingerprint density at radius 2 is 1.88 bits per heavy atom. The van der Waals surface area contributed by atoms with Gasteiger partial charge in [-0.2, -0.15) is 0 Å². The molecule has 3 rings (SSSR count). The molecule has 2 aromatic rings. The quantitative estimate of drug-likeness (QED) is 0.796. The number of amides is 1. The van der Waals surface area contributed by atoms with Gasteiger partial charge in [0.25, 0.3) is 5.91 Å². The summed E-state index contributed by atoms with van der Waals surface area (Å²) in [5.74, 6) is 3.77. The third-order valence-electron chi connectivity index (χ3n) is 3.77. The van der Waals surface area contributed by atoms with Crippen LogP contribution in [0.4, 0.5) is 0 Å². The van der Waals surface area contributed by atoms with Crippen molar-refractivity contribution in [2.24, 2.45) is 0 Å². The van der Waals surface area contributed by atoms with Crippen LogP contribution < -0.4 is 14.8 Å². The summed E-state index contributed by atoms with van der Waals surface area (Å²) in [6.45, 7) is 0.463. The lowest BCUT2D eigenvalue weighted by atomic mass is 10.2. The molecule has 0 aromatic heterocycles. The van der Waals surface area contributed by atoms with Gasteiger partial charge in [0.05, 0.1) is 11.7 Å². The van der Waals surface area contributed by atoms with Crippen molar-refractivity contribution in [1.82, 2.24) is 5.32 Å². The zero-order valence-corrected chi connectivity index (χ0v) is 15.7. The molecule has 0 radical (unpaired) electrons. The topological polar surface area (TPSA) is 47.6 Å². The molecule has 6 heteroatoms. The minimum Gasteiger partial charge on any atom is -0.497 e. The molecule has 0 saturated carbocycles. The first-order chi connectivity index (χ1) is 12.2. The van der Waals surface area contributed by atoms with Gasteiger partial charge in [0.1, 0.15) is 11.5 Å². The Bertz CT molecular complexity index is 700. The maximum absolute atomic E-state index is 11.9. The summed E-state index contributed by atoms with van der Waals surface area (Å²) in [6, 6.07) is 15.7. The number of nitrogens with one attached hydrogen (secondary N) is 1. The summed E-state index contributed by atoms with van der Waals surface area (Å²) in [5, 5.41) is 2.85. The smallest absolute Gasteiger partial charge is 0.258 e. The Morgan fingerprint density at radius 3 is 2.60 bits per heavy atom. The van der Waals surface area contributed by atoms with Gasteiger partial charge in [0.2, 0.25) is 0 Å². The molecule has 25 heavy (non-hydrogen) atoms. The second-order valence-electron chi connectivity index (χ2n) is 5.56. The predicted octanol–water partition coefficient (Wildman–Crippen LogP) is 3.87. The third kappa shape index (κ3) is 5.34. The van der Waals surface area contributed by atoms with Crippen LogP contribution in [0.15, 0.2) is 48.5 Å². The lowest BCUT2D eigenvalue weighted by molar-refractivity contribution is -0.123. The van der Waals surface area contributed by atoms with Crippen LogP contribution in [-0.2, 0) is 11.3 Å². The van der Waals surface area contributed by atoms with Crippen molar-refractivity contribution in [2.45, 2.75) is 11.1 Å². The van der Waals surface area contributed by atoms with Gasteiger partial charge in [-0.15, -0.1) is 23.5 Å². The molecule has 1 saturated heterocycles. The monoisotopic (exact) mass is 375 g/mol. The normalized spacial score (nSPS) is 14.3. The van der Waals surface area contributed by atoms with E-state index in [4.69, 9.17) is 9.47 Å². The highest BCUT2D eigenvalue weighted by Crippen LogP contribution is 2.45. The molecule has 4 nitrogen and oxygen atoms in total. The highest BCUT2D eigenvalue weighted by atomic mass is 32.2. The van der Waals surface area contributed by atoms with Crippen molar-refractivity contribution in [3.63, 3.8) is 0 Å². The van der Waals surface area contributed by atoms with Crippen LogP contribution >= 0.6 is 23.5 Å². The molecule has 0 spiro atoms. The van der Waals surface area contributed by atoms with Crippen LogP contribution in [0.25, 0.3) is 0 Å². The SMILES string of the molecule is COc1cccc(CNC(=O)COc2ccc(C3SCCS3)cc2)c1. The molecular weight excluding hydrogens is 354 g/mol. The molecule has 132 valence electrons. The molecule has 1 aliphatic heterocycles. The predicted molar refractivity (Wildman–Crippen MR) is 104 cm³/mol. The van der Waals surface area contributed by atoms with E-state index in [0.29, 0.717) is 16.9 Å². The summed E-state index contributed by atoms with van der Waals surface area (Å²) in [7, 11) is 1.63. The lowest BCUT2D eigenvalue weighted by Gasteiger charge is -2.11. The molecule has 1 N–H and O–H groups in total. The van der Waals surface area contributed by atoms with Crippen LogP contribution in [-0.4, -0.2) is 31.1 Å². The Labute approximate surface area is 156 Å². The minimum absolute atomic E-state index is 0.0102. The minimum atomic E-state index is -0.145. The number of carbonyl (C=O) groups is 1. The van der Waals surface area contributed by atoms with Gasteiger partial charge >= 0.3 is 0 Å². The van der Waals surface area contributed by atoms with Crippen molar-refractivity contribution in [3.8, 4) is 11.5 Å². The van der Waals surface area contributed by atoms with Gasteiger partial charge in [0, 0.05) is 18.1 Å². The molecule has 1 fully saturated rings. The Morgan fingerprint density at radius 1 is 1.12 bits per heavy atom. The van der Waals surface area contributed by atoms with E-state index in [2.05, 4.69) is 17.4 Å². The first kappa shape index (κ1) is 18.0. The fourth-order valence-electron chi connectivity index (χ4n) is 2.46. The van der Waals surface area contributed by atoms with Gasteiger partial charge in [0.15, 0.2) is 6.61 Å². The van der Waals surface area contributed by atoms with Gasteiger partial charge in [-0.25, -0.2) is 0 Å². The second-order valence-corrected chi connectivity index (χ2v) is 8.28. The molecule has 1 amide bonds. The van der Waals surface area contributed by atoms with Crippen LogP contribution in [0, 0.1) is 0 Å². The van der Waals surface area contributed by atoms with Gasteiger partial charge in [-0.1, -0.05) is 24.3 Å². The molecule has 0 aliphatic carbocycles. The number of hydrogen-bond donors (Lipinski definition) is 1. The standard InChI is InChI=1S/C19H21NO3S2/c1-22-17-4-2-3-14(11-17)12-20-18(21)13-23-16-7-5-15(6-8-16)19-24-9-10-25-19/h2-8,11,19H,9-10,12-13H2,1H3,(H,20,21). The molecule has 0 bridgehead atoms. The zero-order valence-electron chi connectivity index (χ0n) is 14.1. The number of thioether (sulfide) groups is 2. The number of carbonyl (C=O) groups excluding carboxylic acids is 1. The number of benzene rings is 2. The van der Waals surface area contributed by atoms with Crippen molar-refractivity contribution in [3.05, 3.63) is 59.7 Å². The van der Waals surface area contributed by atoms with E-state index >= 15 is 0 Å².